The molecule has 0 bridgehead atoms. The van der Waals surface area contributed by atoms with E-state index in [0.717, 1.165) is 22.2 Å². The van der Waals surface area contributed by atoms with Crippen LogP contribution >= 0.6 is 15.9 Å². The topological polar surface area (TPSA) is 38.5 Å². The minimum absolute atomic E-state index is 0.0230. The van der Waals surface area contributed by atoms with Crippen molar-refractivity contribution in [3.05, 3.63) is 58.1 Å². The second-order valence-electron chi connectivity index (χ2n) is 5.27. The Hall–Kier alpha value is -1.52. The van der Waals surface area contributed by atoms with Gasteiger partial charge in [0.2, 0.25) is 0 Å². The molecule has 1 atom stereocenters. The quantitative estimate of drug-likeness (QED) is 0.893. The Balaban J connectivity index is 2.15. The number of hydrogen-bond acceptors (Lipinski definition) is 3. The zero-order valence-corrected chi connectivity index (χ0v) is 14.2. The molecule has 0 saturated heterocycles. The third-order valence-corrected chi connectivity index (χ3v) is 4.11. The van der Waals surface area contributed by atoms with Gasteiger partial charge in [0.1, 0.15) is 5.75 Å². The molecule has 0 aliphatic heterocycles. The zero-order valence-electron chi connectivity index (χ0n) is 12.6. The molecule has 2 aromatic carbocycles. The number of hydrogen-bond donors (Lipinski definition) is 1. The van der Waals surface area contributed by atoms with Crippen LogP contribution in [0.4, 0.5) is 5.69 Å². The zero-order chi connectivity index (χ0) is 15.4. The number of methoxy groups -OCH3 is 1. The lowest BCUT2D eigenvalue weighted by atomic mass is 9.99. The summed E-state index contributed by atoms with van der Waals surface area (Å²) in [5, 5.41) is 0. The predicted molar refractivity (Wildman–Crippen MR) is 92.1 cm³/mol. The molecule has 2 aromatic rings. The van der Waals surface area contributed by atoms with Gasteiger partial charge in [0, 0.05) is 25.8 Å². The van der Waals surface area contributed by atoms with Gasteiger partial charge in [0.15, 0.2) is 0 Å². The molecule has 0 amide bonds. The Kier molecular flexibility index (Phi) is 5.26. The molecule has 0 heterocycles. The van der Waals surface area contributed by atoms with Crippen molar-refractivity contribution in [2.75, 3.05) is 26.1 Å². The van der Waals surface area contributed by atoms with Gasteiger partial charge in [0.05, 0.1) is 11.6 Å². The lowest BCUT2D eigenvalue weighted by Crippen LogP contribution is -2.15. The van der Waals surface area contributed by atoms with E-state index in [4.69, 9.17) is 10.5 Å². The van der Waals surface area contributed by atoms with E-state index in [0.29, 0.717) is 0 Å². The van der Waals surface area contributed by atoms with Crippen LogP contribution in [0.3, 0.4) is 0 Å². The van der Waals surface area contributed by atoms with Crippen LogP contribution in [0, 0.1) is 0 Å². The number of benzene rings is 2. The van der Waals surface area contributed by atoms with Gasteiger partial charge in [-0.1, -0.05) is 18.2 Å². The normalized spacial score (nSPS) is 12.0. The summed E-state index contributed by atoms with van der Waals surface area (Å²) in [7, 11) is 5.73. The van der Waals surface area contributed by atoms with Crippen LogP contribution in [-0.2, 0) is 6.42 Å². The maximum atomic E-state index is 6.35. The number of nitrogens with two attached hydrogens (primary N) is 1. The highest BCUT2D eigenvalue weighted by Gasteiger charge is 2.10. The van der Waals surface area contributed by atoms with E-state index < -0.39 is 0 Å². The highest BCUT2D eigenvalue weighted by molar-refractivity contribution is 9.10. The molecule has 0 radical (unpaired) electrons. The number of ether oxygens (including phenoxy) is 1. The predicted octanol–water partition coefficient (Wildman–Crippen LogP) is 3.77. The SMILES string of the molecule is COc1ccc(CC(N)c2cccc(N(C)C)c2)cc1Br. The van der Waals surface area contributed by atoms with Gasteiger partial charge >= 0.3 is 0 Å². The van der Waals surface area contributed by atoms with Gasteiger partial charge in [0.25, 0.3) is 0 Å². The molecule has 3 nitrogen and oxygen atoms in total. The average molecular weight is 349 g/mol. The van der Waals surface area contributed by atoms with Crippen LogP contribution < -0.4 is 15.4 Å². The molecule has 0 saturated carbocycles. The summed E-state index contributed by atoms with van der Waals surface area (Å²) in [4.78, 5) is 2.08. The van der Waals surface area contributed by atoms with E-state index in [1.807, 2.05) is 20.2 Å². The van der Waals surface area contributed by atoms with Gasteiger partial charge in [-0.25, -0.2) is 0 Å². The molecule has 21 heavy (non-hydrogen) atoms. The molecule has 0 fully saturated rings. The van der Waals surface area contributed by atoms with E-state index in [9.17, 15) is 0 Å². The molecule has 0 aliphatic rings. The lowest BCUT2D eigenvalue weighted by Gasteiger charge is -2.17. The lowest BCUT2D eigenvalue weighted by molar-refractivity contribution is 0.412. The average Bonchev–Trinajstić information content (AvgIpc) is 2.47. The van der Waals surface area contributed by atoms with Crippen molar-refractivity contribution in [1.82, 2.24) is 0 Å². The molecular weight excluding hydrogens is 328 g/mol. The molecule has 0 spiro atoms. The molecule has 2 N–H and O–H groups in total. The summed E-state index contributed by atoms with van der Waals surface area (Å²) in [6.45, 7) is 0. The Morgan fingerprint density at radius 3 is 2.57 bits per heavy atom. The smallest absolute Gasteiger partial charge is 0.133 e. The van der Waals surface area contributed by atoms with E-state index in [1.165, 1.54) is 11.3 Å². The first-order chi connectivity index (χ1) is 10.0. The molecule has 4 heteroatoms. The van der Waals surface area contributed by atoms with Gasteiger partial charge in [-0.3, -0.25) is 0 Å². The number of halogens is 1. The first kappa shape index (κ1) is 15.9. The number of nitrogens with zero attached hydrogens (tertiary/aromatic N) is 1. The third-order valence-electron chi connectivity index (χ3n) is 3.49. The fourth-order valence-electron chi connectivity index (χ4n) is 2.24. The molecule has 112 valence electrons. The van der Waals surface area contributed by atoms with Crippen molar-refractivity contribution in [3.8, 4) is 5.75 Å². The van der Waals surface area contributed by atoms with Crippen molar-refractivity contribution >= 4 is 21.6 Å². The van der Waals surface area contributed by atoms with Crippen LogP contribution in [0.5, 0.6) is 5.75 Å². The largest absolute Gasteiger partial charge is 0.496 e. The summed E-state index contributed by atoms with van der Waals surface area (Å²) in [5.74, 6) is 0.835. The van der Waals surface area contributed by atoms with E-state index >= 15 is 0 Å². The standard InChI is InChI=1S/C17H21BrN2O/c1-20(2)14-6-4-5-13(11-14)16(19)10-12-7-8-17(21-3)15(18)9-12/h4-9,11,16H,10,19H2,1-3H3. The Morgan fingerprint density at radius 1 is 1.19 bits per heavy atom. The van der Waals surface area contributed by atoms with Crippen LogP contribution in [-0.4, -0.2) is 21.2 Å². The maximum Gasteiger partial charge on any atom is 0.133 e. The fraction of sp³-hybridized carbons (Fsp3) is 0.294. The molecule has 1 unspecified atom stereocenters. The highest BCUT2D eigenvalue weighted by atomic mass is 79.9. The molecular formula is C17H21BrN2O. The van der Waals surface area contributed by atoms with Gasteiger partial charge in [-0.15, -0.1) is 0 Å². The van der Waals surface area contributed by atoms with Crippen LogP contribution in [0.15, 0.2) is 46.9 Å². The second-order valence-corrected chi connectivity index (χ2v) is 6.12. The van der Waals surface area contributed by atoms with Crippen molar-refractivity contribution in [1.29, 1.82) is 0 Å². The minimum atomic E-state index is -0.0230. The van der Waals surface area contributed by atoms with Gasteiger partial charge < -0.3 is 15.4 Å². The molecule has 0 aromatic heterocycles. The second kappa shape index (κ2) is 6.96. The van der Waals surface area contributed by atoms with Crippen molar-refractivity contribution in [2.45, 2.75) is 12.5 Å². The minimum Gasteiger partial charge on any atom is -0.496 e. The summed E-state index contributed by atoms with van der Waals surface area (Å²) < 4.78 is 6.20. The fourth-order valence-corrected chi connectivity index (χ4v) is 2.83. The summed E-state index contributed by atoms with van der Waals surface area (Å²) in [6.07, 6.45) is 0.791. The van der Waals surface area contributed by atoms with Crippen LogP contribution in [0.25, 0.3) is 0 Å². The van der Waals surface area contributed by atoms with E-state index in [2.05, 4.69) is 57.2 Å². The highest BCUT2D eigenvalue weighted by Crippen LogP contribution is 2.28. The van der Waals surface area contributed by atoms with E-state index in [-0.39, 0.29) is 6.04 Å². The number of anilines is 1. The van der Waals surface area contributed by atoms with Crippen LogP contribution in [0.2, 0.25) is 0 Å². The maximum absolute atomic E-state index is 6.35. The monoisotopic (exact) mass is 348 g/mol. The Labute approximate surface area is 134 Å². The Morgan fingerprint density at radius 2 is 1.95 bits per heavy atom. The van der Waals surface area contributed by atoms with Crippen molar-refractivity contribution in [3.63, 3.8) is 0 Å². The first-order valence-electron chi connectivity index (χ1n) is 6.86. The van der Waals surface area contributed by atoms with Crippen LogP contribution in [0.1, 0.15) is 17.2 Å². The summed E-state index contributed by atoms with van der Waals surface area (Å²) in [6, 6.07) is 14.4. The summed E-state index contributed by atoms with van der Waals surface area (Å²) >= 11 is 3.51. The van der Waals surface area contributed by atoms with Gasteiger partial charge in [-0.2, -0.15) is 0 Å². The van der Waals surface area contributed by atoms with Crippen molar-refractivity contribution in [2.24, 2.45) is 5.73 Å². The Bertz CT molecular complexity index is 613. The summed E-state index contributed by atoms with van der Waals surface area (Å²) in [5.41, 5.74) is 9.85. The number of rotatable bonds is 5. The van der Waals surface area contributed by atoms with E-state index in [1.54, 1.807) is 7.11 Å². The molecule has 0 aliphatic carbocycles. The van der Waals surface area contributed by atoms with Gasteiger partial charge in [-0.05, 0) is 57.7 Å². The van der Waals surface area contributed by atoms with Crippen molar-refractivity contribution < 1.29 is 4.74 Å². The first-order valence-corrected chi connectivity index (χ1v) is 7.66. The third kappa shape index (κ3) is 3.99. The molecule has 2 rings (SSSR count).